The molecule has 1 aliphatic rings. The fourth-order valence-corrected chi connectivity index (χ4v) is 4.07. The lowest BCUT2D eigenvalue weighted by Crippen LogP contribution is -2.21. The SMILES string of the molecule is Cc1ncccc1-n1nc(OCC(F)Cn2nc(Cl)c3cnc(Cl)nc32)c([N+](=O)[O-])c1C1CC1. The van der Waals surface area contributed by atoms with Crippen molar-refractivity contribution in [2.24, 2.45) is 0 Å². The Labute approximate surface area is 201 Å². The maximum Gasteiger partial charge on any atom is 0.354 e. The predicted molar refractivity (Wildman–Crippen MR) is 120 cm³/mol. The summed E-state index contributed by atoms with van der Waals surface area (Å²) in [5.41, 5.74) is 1.70. The lowest BCUT2D eigenvalue weighted by atomic mass is 10.2. The van der Waals surface area contributed by atoms with E-state index in [1.54, 1.807) is 25.3 Å². The average molecular weight is 507 g/mol. The Balaban J connectivity index is 1.42. The summed E-state index contributed by atoms with van der Waals surface area (Å²) in [6, 6.07) is 3.49. The van der Waals surface area contributed by atoms with Crippen molar-refractivity contribution in [1.29, 1.82) is 0 Å². The van der Waals surface area contributed by atoms with E-state index in [-0.39, 0.29) is 40.1 Å². The van der Waals surface area contributed by atoms with Crippen LogP contribution in [0.25, 0.3) is 16.7 Å². The molecule has 1 atom stereocenters. The summed E-state index contributed by atoms with van der Waals surface area (Å²) in [5.74, 6) is -0.264. The molecule has 4 aromatic rings. The molecule has 0 N–H and O–H groups in total. The monoisotopic (exact) mass is 506 g/mol. The smallest absolute Gasteiger partial charge is 0.354 e. The molecule has 0 aromatic carbocycles. The molecular weight excluding hydrogens is 490 g/mol. The summed E-state index contributed by atoms with van der Waals surface area (Å²) in [4.78, 5) is 23.5. The molecule has 1 unspecified atom stereocenters. The molecule has 0 amide bonds. The maximum atomic E-state index is 14.9. The Morgan fingerprint density at radius 3 is 2.82 bits per heavy atom. The second kappa shape index (κ2) is 8.76. The van der Waals surface area contributed by atoms with Crippen molar-refractivity contribution in [3.63, 3.8) is 0 Å². The van der Waals surface area contributed by atoms with Crippen LogP contribution in [0.2, 0.25) is 10.4 Å². The van der Waals surface area contributed by atoms with E-state index >= 15 is 0 Å². The summed E-state index contributed by atoms with van der Waals surface area (Å²) in [5, 5.41) is 20.8. The van der Waals surface area contributed by atoms with E-state index < -0.39 is 17.7 Å². The highest BCUT2D eigenvalue weighted by Crippen LogP contribution is 2.48. The van der Waals surface area contributed by atoms with Crippen LogP contribution < -0.4 is 4.74 Å². The first-order chi connectivity index (χ1) is 16.3. The van der Waals surface area contributed by atoms with Gasteiger partial charge < -0.3 is 4.74 Å². The standard InChI is InChI=1S/C20H17Cl2FN8O3/c1-10-14(3-2-6-24-10)30-15(11-4-5-11)16(31(32)33)19(28-30)34-9-12(23)8-29-18-13(17(21)27-29)7-25-20(22)26-18/h2-3,6-7,11-12H,4-5,8-9H2,1H3. The van der Waals surface area contributed by atoms with E-state index in [4.69, 9.17) is 27.9 Å². The summed E-state index contributed by atoms with van der Waals surface area (Å²) in [6.07, 6.45) is 3.03. The molecule has 1 fully saturated rings. The molecule has 14 heteroatoms. The molecule has 0 spiro atoms. The fourth-order valence-electron chi connectivity index (χ4n) is 3.72. The number of alkyl halides is 1. The first kappa shape index (κ1) is 22.4. The fraction of sp³-hybridized carbons (Fsp3) is 0.350. The van der Waals surface area contributed by atoms with E-state index in [1.807, 2.05) is 0 Å². The minimum Gasteiger partial charge on any atom is -0.469 e. The second-order valence-electron chi connectivity index (χ2n) is 7.85. The van der Waals surface area contributed by atoms with Crippen LogP contribution in [0.3, 0.4) is 0 Å². The molecule has 0 saturated heterocycles. The quantitative estimate of drug-likeness (QED) is 0.197. The molecule has 0 radical (unpaired) electrons. The molecule has 4 aromatic heterocycles. The van der Waals surface area contributed by atoms with Crippen LogP contribution in [-0.4, -0.2) is 52.2 Å². The van der Waals surface area contributed by atoms with Gasteiger partial charge >= 0.3 is 11.6 Å². The van der Waals surface area contributed by atoms with Crippen LogP contribution in [-0.2, 0) is 6.54 Å². The van der Waals surface area contributed by atoms with Crippen LogP contribution >= 0.6 is 23.2 Å². The van der Waals surface area contributed by atoms with Crippen molar-refractivity contribution in [3.05, 3.63) is 56.5 Å². The van der Waals surface area contributed by atoms with Crippen LogP contribution in [0.1, 0.15) is 30.1 Å². The third-order valence-corrected chi connectivity index (χ3v) is 5.87. The maximum absolute atomic E-state index is 14.9. The zero-order chi connectivity index (χ0) is 24.0. The number of halogens is 3. The number of hydrogen-bond donors (Lipinski definition) is 0. The zero-order valence-electron chi connectivity index (χ0n) is 17.7. The van der Waals surface area contributed by atoms with Gasteiger partial charge in [0.1, 0.15) is 12.3 Å². The Morgan fingerprint density at radius 1 is 1.32 bits per heavy atom. The van der Waals surface area contributed by atoms with Gasteiger partial charge in [-0.05, 0) is 43.5 Å². The van der Waals surface area contributed by atoms with Crippen molar-refractivity contribution in [2.75, 3.05) is 6.61 Å². The Kier molecular flexibility index (Phi) is 5.78. The van der Waals surface area contributed by atoms with Gasteiger partial charge in [0.15, 0.2) is 17.0 Å². The number of aromatic nitrogens is 7. The second-order valence-corrected chi connectivity index (χ2v) is 8.54. The molecule has 34 heavy (non-hydrogen) atoms. The molecule has 0 bridgehead atoms. The summed E-state index contributed by atoms with van der Waals surface area (Å²) in [6.45, 7) is 1.03. The first-order valence-electron chi connectivity index (χ1n) is 10.3. The third-order valence-electron chi connectivity index (χ3n) is 5.40. The van der Waals surface area contributed by atoms with Crippen LogP contribution in [0, 0.1) is 17.0 Å². The number of nitrogens with zero attached hydrogens (tertiary/aromatic N) is 8. The van der Waals surface area contributed by atoms with Crippen molar-refractivity contribution >= 4 is 39.9 Å². The number of pyridine rings is 1. The summed E-state index contributed by atoms with van der Waals surface area (Å²) in [7, 11) is 0. The van der Waals surface area contributed by atoms with E-state index in [9.17, 15) is 14.5 Å². The zero-order valence-corrected chi connectivity index (χ0v) is 19.2. The Hall–Kier alpha value is -3.38. The molecule has 1 saturated carbocycles. The highest BCUT2D eigenvalue weighted by atomic mass is 35.5. The largest absolute Gasteiger partial charge is 0.469 e. The molecule has 5 rings (SSSR count). The Morgan fingerprint density at radius 2 is 2.12 bits per heavy atom. The van der Waals surface area contributed by atoms with Gasteiger partial charge in [-0.2, -0.15) is 10.1 Å². The van der Waals surface area contributed by atoms with Gasteiger partial charge in [-0.1, -0.05) is 11.6 Å². The number of ether oxygens (including phenoxy) is 1. The van der Waals surface area contributed by atoms with Crippen molar-refractivity contribution in [1.82, 2.24) is 34.5 Å². The minimum absolute atomic E-state index is 0.0203. The van der Waals surface area contributed by atoms with E-state index in [0.717, 1.165) is 12.8 Å². The summed E-state index contributed by atoms with van der Waals surface area (Å²) >= 11 is 11.9. The van der Waals surface area contributed by atoms with Gasteiger partial charge in [0.25, 0.3) is 0 Å². The van der Waals surface area contributed by atoms with Crippen LogP contribution in [0.4, 0.5) is 10.1 Å². The van der Waals surface area contributed by atoms with Crippen LogP contribution in [0.15, 0.2) is 24.5 Å². The topological polar surface area (TPSA) is 127 Å². The van der Waals surface area contributed by atoms with E-state index in [2.05, 4.69) is 25.1 Å². The van der Waals surface area contributed by atoms with Crippen molar-refractivity contribution < 1.29 is 14.1 Å². The van der Waals surface area contributed by atoms with Gasteiger partial charge in [0.2, 0.25) is 5.28 Å². The Bertz CT molecular complexity index is 1400. The van der Waals surface area contributed by atoms with Gasteiger partial charge in [-0.3, -0.25) is 15.1 Å². The van der Waals surface area contributed by atoms with E-state index in [1.165, 1.54) is 15.6 Å². The number of hydrogen-bond acceptors (Lipinski definition) is 8. The van der Waals surface area contributed by atoms with Gasteiger partial charge in [0, 0.05) is 18.3 Å². The molecule has 11 nitrogen and oxygen atoms in total. The predicted octanol–water partition coefficient (Wildman–Crippen LogP) is 4.22. The minimum atomic E-state index is -1.60. The highest BCUT2D eigenvalue weighted by Gasteiger charge is 2.40. The van der Waals surface area contributed by atoms with Gasteiger partial charge in [0.05, 0.1) is 28.2 Å². The molecule has 4 heterocycles. The number of fused-ring (bicyclic) bond motifs is 1. The van der Waals surface area contributed by atoms with E-state index in [0.29, 0.717) is 22.5 Å². The molecular formula is C20H17Cl2FN8O3. The van der Waals surface area contributed by atoms with Gasteiger partial charge in [-0.25, -0.2) is 18.7 Å². The molecule has 1 aliphatic carbocycles. The lowest BCUT2D eigenvalue weighted by molar-refractivity contribution is -0.386. The normalized spacial score (nSPS) is 14.5. The van der Waals surface area contributed by atoms with Crippen molar-refractivity contribution in [2.45, 2.75) is 38.4 Å². The third kappa shape index (κ3) is 4.14. The average Bonchev–Trinajstić information content (AvgIpc) is 3.50. The highest BCUT2D eigenvalue weighted by molar-refractivity contribution is 6.34. The van der Waals surface area contributed by atoms with Crippen molar-refractivity contribution in [3.8, 4) is 11.6 Å². The number of nitro groups is 1. The van der Waals surface area contributed by atoms with Crippen LogP contribution in [0.5, 0.6) is 5.88 Å². The summed E-state index contributed by atoms with van der Waals surface area (Å²) < 4.78 is 23.2. The first-order valence-corrected chi connectivity index (χ1v) is 11.1. The number of rotatable bonds is 8. The molecule has 0 aliphatic heterocycles. The van der Waals surface area contributed by atoms with Gasteiger partial charge in [-0.15, -0.1) is 5.10 Å². The lowest BCUT2D eigenvalue weighted by Gasteiger charge is -2.09. The molecule has 176 valence electrons. The number of aryl methyl sites for hydroxylation is 1.